The maximum Gasteiger partial charge on any atom is 0.101 e. The van der Waals surface area contributed by atoms with Crippen LogP contribution in [0, 0.1) is 22.7 Å². The molecule has 0 N–H and O–H groups in total. The Hall–Kier alpha value is -3.50. The molecule has 0 aliphatic heterocycles. The lowest BCUT2D eigenvalue weighted by Crippen LogP contribution is -1.88. The second-order valence-corrected chi connectivity index (χ2v) is 4.67. The van der Waals surface area contributed by atoms with Gasteiger partial charge in [-0.3, -0.25) is 9.97 Å². The van der Waals surface area contributed by atoms with E-state index in [1.54, 1.807) is 36.7 Å². The highest BCUT2D eigenvalue weighted by Crippen LogP contribution is 2.21. The van der Waals surface area contributed by atoms with Gasteiger partial charge in [-0.05, 0) is 36.4 Å². The molecule has 1 aromatic carbocycles. The van der Waals surface area contributed by atoms with Gasteiger partial charge in [-0.25, -0.2) is 0 Å². The van der Waals surface area contributed by atoms with Crippen molar-refractivity contribution >= 4 is 0 Å². The lowest BCUT2D eigenvalue weighted by Gasteiger charge is -2.04. The van der Waals surface area contributed by atoms with E-state index in [-0.39, 0.29) is 0 Å². The van der Waals surface area contributed by atoms with Crippen LogP contribution in [-0.4, -0.2) is 9.97 Å². The highest BCUT2D eigenvalue weighted by atomic mass is 14.7. The number of rotatable bonds is 2. The summed E-state index contributed by atoms with van der Waals surface area (Å²) in [6.07, 6.45) is 3.30. The van der Waals surface area contributed by atoms with E-state index in [2.05, 4.69) is 16.0 Å². The maximum atomic E-state index is 8.81. The van der Waals surface area contributed by atoms with Crippen LogP contribution in [0.2, 0.25) is 0 Å². The Kier molecular flexibility index (Phi) is 3.59. The molecule has 4 heteroatoms. The van der Waals surface area contributed by atoms with E-state index in [0.717, 1.165) is 22.5 Å². The summed E-state index contributed by atoms with van der Waals surface area (Å²) in [5.74, 6) is 0. The van der Waals surface area contributed by atoms with Crippen molar-refractivity contribution in [3.8, 4) is 34.7 Å². The van der Waals surface area contributed by atoms with Gasteiger partial charge in [-0.15, -0.1) is 0 Å². The lowest BCUT2D eigenvalue weighted by molar-refractivity contribution is 1.27. The van der Waals surface area contributed by atoms with Crippen LogP contribution in [0.25, 0.3) is 22.5 Å². The Morgan fingerprint density at radius 3 is 1.68 bits per heavy atom. The second kappa shape index (κ2) is 5.87. The number of pyridine rings is 2. The third-order valence-electron chi connectivity index (χ3n) is 3.26. The van der Waals surface area contributed by atoms with E-state index < -0.39 is 0 Å². The van der Waals surface area contributed by atoms with Crippen LogP contribution in [0.5, 0.6) is 0 Å². The van der Waals surface area contributed by atoms with Crippen molar-refractivity contribution < 1.29 is 0 Å². The number of hydrogen-bond donors (Lipinski definition) is 0. The molecule has 2 heterocycles. The van der Waals surface area contributed by atoms with Gasteiger partial charge in [0.05, 0.1) is 28.6 Å². The Bertz CT molecular complexity index is 788. The normalized spacial score (nSPS) is 9.73. The van der Waals surface area contributed by atoms with Crippen LogP contribution >= 0.6 is 0 Å². The van der Waals surface area contributed by atoms with Crippen molar-refractivity contribution in [2.45, 2.75) is 0 Å². The summed E-state index contributed by atoms with van der Waals surface area (Å²) in [6, 6.07) is 18.8. The van der Waals surface area contributed by atoms with Crippen LogP contribution in [0.1, 0.15) is 11.1 Å². The average molecular weight is 282 g/mol. The molecule has 0 fully saturated rings. The minimum absolute atomic E-state index is 0.533. The summed E-state index contributed by atoms with van der Waals surface area (Å²) in [6.45, 7) is 0. The van der Waals surface area contributed by atoms with E-state index in [9.17, 15) is 0 Å². The minimum Gasteiger partial charge on any atom is -0.256 e. The molecule has 0 aliphatic rings. The van der Waals surface area contributed by atoms with Gasteiger partial charge in [0.1, 0.15) is 6.07 Å². The quantitative estimate of drug-likeness (QED) is 0.720. The largest absolute Gasteiger partial charge is 0.256 e. The first-order chi connectivity index (χ1) is 10.8. The van der Waals surface area contributed by atoms with E-state index in [0.29, 0.717) is 11.1 Å². The molecule has 3 rings (SSSR count). The fourth-order valence-corrected chi connectivity index (χ4v) is 2.06. The van der Waals surface area contributed by atoms with E-state index in [1.165, 1.54) is 0 Å². The number of nitriles is 2. The predicted octanol–water partition coefficient (Wildman–Crippen LogP) is 3.55. The van der Waals surface area contributed by atoms with Crippen LogP contribution in [-0.2, 0) is 0 Å². The number of hydrogen-bond acceptors (Lipinski definition) is 4. The zero-order valence-electron chi connectivity index (χ0n) is 11.6. The van der Waals surface area contributed by atoms with Crippen molar-refractivity contribution in [1.82, 2.24) is 9.97 Å². The molecule has 0 atom stereocenters. The highest BCUT2D eigenvalue weighted by molar-refractivity contribution is 5.65. The first-order valence-corrected chi connectivity index (χ1v) is 6.63. The zero-order valence-corrected chi connectivity index (χ0v) is 11.6. The Morgan fingerprint density at radius 2 is 1.14 bits per heavy atom. The molecule has 0 saturated carbocycles. The first-order valence-electron chi connectivity index (χ1n) is 6.63. The third-order valence-corrected chi connectivity index (χ3v) is 3.26. The van der Waals surface area contributed by atoms with E-state index >= 15 is 0 Å². The van der Waals surface area contributed by atoms with Gasteiger partial charge in [0, 0.05) is 23.5 Å². The van der Waals surface area contributed by atoms with Gasteiger partial charge >= 0.3 is 0 Å². The van der Waals surface area contributed by atoms with Crippen LogP contribution in [0.3, 0.4) is 0 Å². The molecule has 0 radical (unpaired) electrons. The summed E-state index contributed by atoms with van der Waals surface area (Å²) < 4.78 is 0. The monoisotopic (exact) mass is 282 g/mol. The molecule has 0 amide bonds. The third kappa shape index (κ3) is 2.67. The van der Waals surface area contributed by atoms with Gasteiger partial charge in [0.25, 0.3) is 0 Å². The summed E-state index contributed by atoms with van der Waals surface area (Å²) in [7, 11) is 0. The molecule has 0 unspecified atom stereocenters. The van der Waals surface area contributed by atoms with Gasteiger partial charge in [0.15, 0.2) is 0 Å². The van der Waals surface area contributed by atoms with Crippen LogP contribution < -0.4 is 0 Å². The molecule has 4 nitrogen and oxygen atoms in total. The topological polar surface area (TPSA) is 73.4 Å². The van der Waals surface area contributed by atoms with Crippen molar-refractivity contribution in [2.75, 3.05) is 0 Å². The molecular weight excluding hydrogens is 272 g/mol. The Labute approximate surface area is 127 Å². The second-order valence-electron chi connectivity index (χ2n) is 4.67. The van der Waals surface area contributed by atoms with Crippen molar-refractivity contribution in [2.24, 2.45) is 0 Å². The summed E-state index contributed by atoms with van der Waals surface area (Å²) in [4.78, 5) is 8.68. The van der Waals surface area contributed by atoms with Crippen molar-refractivity contribution in [3.05, 3.63) is 72.1 Å². The van der Waals surface area contributed by atoms with Gasteiger partial charge < -0.3 is 0 Å². The molecule has 0 saturated heterocycles. The van der Waals surface area contributed by atoms with Crippen LogP contribution in [0.4, 0.5) is 0 Å². The van der Waals surface area contributed by atoms with Gasteiger partial charge in [-0.1, -0.05) is 12.1 Å². The first kappa shape index (κ1) is 13.5. The number of aromatic nitrogens is 2. The molecular formula is C18H10N4. The summed E-state index contributed by atoms with van der Waals surface area (Å²) in [5.41, 5.74) is 4.62. The average Bonchev–Trinajstić information content (AvgIpc) is 2.62. The van der Waals surface area contributed by atoms with Gasteiger partial charge in [0.2, 0.25) is 0 Å². The number of nitrogens with zero attached hydrogens (tertiary/aromatic N) is 4. The minimum atomic E-state index is 0.533. The molecule has 3 aromatic rings. The molecule has 0 aliphatic carbocycles. The number of benzene rings is 1. The van der Waals surface area contributed by atoms with E-state index in [4.69, 9.17) is 10.5 Å². The van der Waals surface area contributed by atoms with Crippen molar-refractivity contribution in [3.63, 3.8) is 0 Å². The summed E-state index contributed by atoms with van der Waals surface area (Å²) >= 11 is 0. The fraction of sp³-hybridized carbons (Fsp3) is 0. The Balaban J connectivity index is 1.88. The predicted molar refractivity (Wildman–Crippen MR) is 82.3 cm³/mol. The standard InChI is InChI=1S/C18H10N4/c19-9-13-1-4-15(5-2-13)17-8-6-16(12-22-17)18-7-3-14(10-20)11-21-18/h1-8,11-12H. The molecule has 0 bridgehead atoms. The zero-order chi connectivity index (χ0) is 15.4. The molecule has 22 heavy (non-hydrogen) atoms. The molecule has 0 spiro atoms. The Morgan fingerprint density at radius 1 is 0.591 bits per heavy atom. The van der Waals surface area contributed by atoms with E-state index in [1.807, 2.05) is 30.3 Å². The SMILES string of the molecule is N#Cc1ccc(-c2ccc(-c3ccc(C#N)cn3)cn2)cc1. The van der Waals surface area contributed by atoms with Crippen LogP contribution in [0.15, 0.2) is 60.9 Å². The highest BCUT2D eigenvalue weighted by Gasteiger charge is 2.03. The van der Waals surface area contributed by atoms with Crippen molar-refractivity contribution in [1.29, 1.82) is 10.5 Å². The lowest BCUT2D eigenvalue weighted by atomic mass is 10.1. The molecule has 2 aromatic heterocycles. The smallest absolute Gasteiger partial charge is 0.101 e. The fourth-order valence-electron chi connectivity index (χ4n) is 2.06. The maximum absolute atomic E-state index is 8.81. The van der Waals surface area contributed by atoms with Gasteiger partial charge in [-0.2, -0.15) is 10.5 Å². The summed E-state index contributed by atoms with van der Waals surface area (Å²) in [5, 5.41) is 17.6. The molecule has 102 valence electrons.